The summed E-state index contributed by atoms with van der Waals surface area (Å²) in [6, 6.07) is 29.2. The maximum absolute atomic E-state index is 13.6. The van der Waals surface area contributed by atoms with Crippen molar-refractivity contribution in [2.75, 3.05) is 5.32 Å². The zero-order valence-electron chi connectivity index (χ0n) is 21.1. The van der Waals surface area contributed by atoms with E-state index < -0.39 is 0 Å². The zero-order valence-corrected chi connectivity index (χ0v) is 21.1. The summed E-state index contributed by atoms with van der Waals surface area (Å²) < 4.78 is 6.03. The molecule has 180 valence electrons. The van der Waals surface area contributed by atoms with Crippen molar-refractivity contribution in [1.82, 2.24) is 0 Å². The molecule has 3 heteroatoms. The molecule has 0 bridgehead atoms. The Balaban J connectivity index is 1.36. The van der Waals surface area contributed by atoms with Crippen molar-refractivity contribution >= 4 is 27.8 Å². The molecule has 1 N–H and O–H groups in total. The fraction of sp³-hybridized carbons (Fsp3) is 0.242. The summed E-state index contributed by atoms with van der Waals surface area (Å²) in [5, 5.41) is 6.14. The Morgan fingerprint density at radius 2 is 1.64 bits per heavy atom. The van der Waals surface area contributed by atoms with Crippen LogP contribution in [0.5, 0.6) is 5.75 Å². The first kappa shape index (κ1) is 22.6. The molecule has 1 aliphatic heterocycles. The second-order valence-electron chi connectivity index (χ2n) is 11.0. The predicted molar refractivity (Wildman–Crippen MR) is 147 cm³/mol. The number of benzene rings is 4. The molecule has 2 aliphatic rings. The van der Waals surface area contributed by atoms with Crippen LogP contribution in [0.25, 0.3) is 16.3 Å². The summed E-state index contributed by atoms with van der Waals surface area (Å²) in [5.74, 6) is 1.07. The first-order chi connectivity index (χ1) is 17.4. The van der Waals surface area contributed by atoms with E-state index in [4.69, 9.17) is 4.74 Å². The number of carbonyl (C=O) groups excluding carboxylic acids is 1. The molecule has 1 atom stereocenters. The predicted octanol–water partition coefficient (Wildman–Crippen LogP) is 8.04. The largest absolute Gasteiger partial charge is 0.489 e. The van der Waals surface area contributed by atoms with Gasteiger partial charge in [0, 0.05) is 23.2 Å². The molecular weight excluding hydrogens is 442 g/mol. The van der Waals surface area contributed by atoms with Gasteiger partial charge < -0.3 is 10.1 Å². The van der Waals surface area contributed by atoms with E-state index in [-0.39, 0.29) is 17.2 Å². The lowest BCUT2D eigenvalue weighted by atomic mass is 9.68. The van der Waals surface area contributed by atoms with E-state index in [0.717, 1.165) is 34.6 Å². The van der Waals surface area contributed by atoms with Crippen molar-refractivity contribution in [3.63, 3.8) is 0 Å². The standard InChI is InChI=1S/C33H31NO2/c1-21-8-10-22(11-9-21)20-36-25-15-12-24(13-16-25)32-31-27(18-33(2,3)19-29(31)35)30-26-7-5-4-6-23(26)14-17-28(30)34-32/h4-17,32,34H,18-20H2,1-3H3/t32-/m1/s1. The molecule has 36 heavy (non-hydrogen) atoms. The molecular formula is C33H31NO2. The molecule has 4 aromatic carbocycles. The zero-order chi connectivity index (χ0) is 24.9. The minimum Gasteiger partial charge on any atom is -0.489 e. The third kappa shape index (κ3) is 4.09. The Morgan fingerprint density at radius 3 is 2.42 bits per heavy atom. The van der Waals surface area contributed by atoms with Gasteiger partial charge in [0.25, 0.3) is 0 Å². The van der Waals surface area contributed by atoms with Gasteiger partial charge in [-0.25, -0.2) is 0 Å². The Labute approximate surface area is 212 Å². The van der Waals surface area contributed by atoms with Crippen LogP contribution < -0.4 is 10.1 Å². The van der Waals surface area contributed by atoms with Gasteiger partial charge in [-0.1, -0.05) is 86.1 Å². The maximum Gasteiger partial charge on any atom is 0.162 e. The van der Waals surface area contributed by atoms with Gasteiger partial charge in [0.05, 0.1) is 6.04 Å². The van der Waals surface area contributed by atoms with Gasteiger partial charge in [0.15, 0.2) is 5.78 Å². The van der Waals surface area contributed by atoms with Crippen molar-refractivity contribution in [3.8, 4) is 5.75 Å². The lowest BCUT2D eigenvalue weighted by molar-refractivity contribution is -0.118. The highest BCUT2D eigenvalue weighted by Gasteiger charge is 2.40. The van der Waals surface area contributed by atoms with Crippen LogP contribution in [0.4, 0.5) is 5.69 Å². The van der Waals surface area contributed by atoms with Gasteiger partial charge in [0.2, 0.25) is 0 Å². The SMILES string of the molecule is Cc1ccc(COc2ccc([C@H]3Nc4ccc5ccccc5c4C4=C3C(=O)CC(C)(C)C4)cc2)cc1. The van der Waals surface area contributed by atoms with E-state index in [1.807, 2.05) is 12.1 Å². The van der Waals surface area contributed by atoms with E-state index in [1.54, 1.807) is 0 Å². The summed E-state index contributed by atoms with van der Waals surface area (Å²) >= 11 is 0. The molecule has 0 radical (unpaired) electrons. The van der Waals surface area contributed by atoms with Crippen molar-refractivity contribution in [1.29, 1.82) is 0 Å². The Kier molecular flexibility index (Phi) is 5.44. The minimum absolute atomic E-state index is 0.0559. The quantitative estimate of drug-likeness (QED) is 0.326. The summed E-state index contributed by atoms with van der Waals surface area (Å²) in [4.78, 5) is 13.6. The third-order valence-corrected chi connectivity index (χ3v) is 7.48. The molecule has 6 rings (SSSR count). The van der Waals surface area contributed by atoms with Crippen LogP contribution in [0, 0.1) is 12.3 Å². The minimum atomic E-state index is -0.164. The van der Waals surface area contributed by atoms with Crippen molar-refractivity contribution in [3.05, 3.63) is 113 Å². The highest BCUT2D eigenvalue weighted by Crippen LogP contribution is 2.52. The van der Waals surface area contributed by atoms with Crippen LogP contribution in [-0.4, -0.2) is 5.78 Å². The van der Waals surface area contributed by atoms with Crippen molar-refractivity contribution < 1.29 is 9.53 Å². The van der Waals surface area contributed by atoms with Gasteiger partial charge in [-0.05, 0) is 64.4 Å². The number of nitrogens with one attached hydrogen (secondary N) is 1. The van der Waals surface area contributed by atoms with Crippen LogP contribution in [0.15, 0.2) is 90.5 Å². The third-order valence-electron chi connectivity index (χ3n) is 7.48. The lowest BCUT2D eigenvalue weighted by Gasteiger charge is -2.40. The Hall–Kier alpha value is -3.85. The summed E-state index contributed by atoms with van der Waals surface area (Å²) in [6.45, 7) is 7.03. The second-order valence-corrected chi connectivity index (χ2v) is 11.0. The van der Waals surface area contributed by atoms with Gasteiger partial charge in [-0.2, -0.15) is 0 Å². The molecule has 0 fully saturated rings. The monoisotopic (exact) mass is 473 g/mol. The topological polar surface area (TPSA) is 38.3 Å². The first-order valence-electron chi connectivity index (χ1n) is 12.7. The van der Waals surface area contributed by atoms with Crippen LogP contribution in [-0.2, 0) is 11.4 Å². The highest BCUT2D eigenvalue weighted by molar-refractivity contribution is 6.12. The lowest BCUT2D eigenvalue weighted by Crippen LogP contribution is -2.33. The van der Waals surface area contributed by atoms with Gasteiger partial charge >= 0.3 is 0 Å². The molecule has 0 unspecified atom stereocenters. The molecule has 3 nitrogen and oxygen atoms in total. The molecule has 0 amide bonds. The summed E-state index contributed by atoms with van der Waals surface area (Å²) in [7, 11) is 0. The number of rotatable bonds is 4. The molecule has 4 aromatic rings. The number of allylic oxidation sites excluding steroid dienone is 1. The number of carbonyl (C=O) groups is 1. The van der Waals surface area contributed by atoms with Crippen LogP contribution in [0.3, 0.4) is 0 Å². The molecule has 0 spiro atoms. The number of hydrogen-bond acceptors (Lipinski definition) is 3. The molecule has 0 saturated heterocycles. The molecule has 1 aliphatic carbocycles. The smallest absolute Gasteiger partial charge is 0.162 e. The number of ketones is 1. The van der Waals surface area contributed by atoms with E-state index in [0.29, 0.717) is 13.0 Å². The van der Waals surface area contributed by atoms with Gasteiger partial charge in [-0.3, -0.25) is 4.79 Å². The second kappa shape index (κ2) is 8.67. The Morgan fingerprint density at radius 1 is 0.889 bits per heavy atom. The average Bonchev–Trinajstić information content (AvgIpc) is 2.87. The number of hydrogen-bond donors (Lipinski definition) is 1. The summed E-state index contributed by atoms with van der Waals surface area (Å²) in [5.41, 5.74) is 7.83. The molecule has 0 saturated carbocycles. The van der Waals surface area contributed by atoms with Gasteiger partial charge in [-0.15, -0.1) is 0 Å². The van der Waals surface area contributed by atoms with Gasteiger partial charge in [0.1, 0.15) is 12.4 Å². The van der Waals surface area contributed by atoms with Crippen LogP contribution in [0.2, 0.25) is 0 Å². The van der Waals surface area contributed by atoms with Crippen molar-refractivity contribution in [2.24, 2.45) is 5.41 Å². The fourth-order valence-corrected chi connectivity index (χ4v) is 5.69. The maximum atomic E-state index is 13.6. The molecule has 0 aromatic heterocycles. The van der Waals surface area contributed by atoms with Crippen LogP contribution >= 0.6 is 0 Å². The van der Waals surface area contributed by atoms with E-state index in [1.165, 1.54) is 27.5 Å². The van der Waals surface area contributed by atoms with E-state index >= 15 is 0 Å². The van der Waals surface area contributed by atoms with E-state index in [2.05, 4.69) is 98.9 Å². The first-order valence-corrected chi connectivity index (χ1v) is 12.7. The average molecular weight is 474 g/mol. The van der Waals surface area contributed by atoms with Crippen LogP contribution in [0.1, 0.15) is 55.0 Å². The summed E-state index contributed by atoms with van der Waals surface area (Å²) in [6.07, 6.45) is 1.47. The van der Waals surface area contributed by atoms with E-state index in [9.17, 15) is 4.79 Å². The normalized spacial score (nSPS) is 18.4. The molecule has 1 heterocycles. The Bertz CT molecular complexity index is 1490. The number of aryl methyl sites for hydroxylation is 1. The number of fused-ring (bicyclic) bond motifs is 4. The fourth-order valence-electron chi connectivity index (χ4n) is 5.69. The number of Topliss-reactive ketones (excluding diaryl/α,β-unsaturated/α-hetero) is 1. The number of ether oxygens (including phenoxy) is 1. The van der Waals surface area contributed by atoms with Crippen molar-refractivity contribution in [2.45, 2.75) is 46.3 Å². The number of anilines is 1. The highest BCUT2D eigenvalue weighted by atomic mass is 16.5.